The molecule has 0 radical (unpaired) electrons. The van der Waals surface area contributed by atoms with Crippen molar-refractivity contribution in [3.63, 3.8) is 0 Å². The number of carbonyl (C=O) groups is 1. The van der Waals surface area contributed by atoms with Gasteiger partial charge in [-0.1, -0.05) is 30.3 Å². The third-order valence-electron chi connectivity index (χ3n) is 5.15. The number of thiazole rings is 1. The molecule has 124 valence electrons. The zero-order valence-electron chi connectivity index (χ0n) is 13.8. The molecule has 0 bridgehead atoms. The molecular weight excluding hydrogens is 328 g/mol. The molecule has 2 aromatic carbocycles. The number of fused-ring (bicyclic) bond motifs is 4. The summed E-state index contributed by atoms with van der Waals surface area (Å²) in [6, 6.07) is 14.5. The van der Waals surface area contributed by atoms with Crippen molar-refractivity contribution in [3.05, 3.63) is 69.6 Å². The molecule has 0 unspecified atom stereocenters. The summed E-state index contributed by atoms with van der Waals surface area (Å²) in [5.41, 5.74) is 7.01. The molecule has 25 heavy (non-hydrogen) atoms. The van der Waals surface area contributed by atoms with Crippen molar-refractivity contribution in [1.82, 2.24) is 4.98 Å². The second-order valence-corrected chi connectivity index (χ2v) is 7.85. The average Bonchev–Trinajstić information content (AvgIpc) is 3.18. The molecule has 1 N–H and O–H groups in total. The second kappa shape index (κ2) is 5.81. The molecule has 1 amide bonds. The standard InChI is InChI=1S/C21H18N2OS/c24-20(16-10-9-13-5-1-2-6-14(13)11-16)23-21-22-19-17-8-4-3-7-15(17)12-18(19)25-21/h3-4,7-11H,1-2,5-6,12H2,(H,22,23,24). The molecule has 0 saturated heterocycles. The van der Waals surface area contributed by atoms with E-state index < -0.39 is 0 Å². The predicted octanol–water partition coefficient (Wildman–Crippen LogP) is 4.85. The number of hydrogen-bond donors (Lipinski definition) is 1. The van der Waals surface area contributed by atoms with Gasteiger partial charge in [0.25, 0.3) is 5.91 Å². The fourth-order valence-corrected chi connectivity index (χ4v) is 4.85. The predicted molar refractivity (Wildman–Crippen MR) is 101 cm³/mol. The Morgan fingerprint density at radius 2 is 1.84 bits per heavy atom. The molecule has 2 aliphatic carbocycles. The smallest absolute Gasteiger partial charge is 0.257 e. The SMILES string of the molecule is O=C(Nc1nc2c(s1)Cc1ccccc1-2)c1ccc2c(c1)CCCC2. The van der Waals surface area contributed by atoms with Crippen LogP contribution in [0.25, 0.3) is 11.3 Å². The zero-order valence-corrected chi connectivity index (χ0v) is 14.7. The van der Waals surface area contributed by atoms with Gasteiger partial charge in [-0.2, -0.15) is 0 Å². The van der Waals surface area contributed by atoms with Gasteiger partial charge in [-0.05, 0) is 54.5 Å². The minimum atomic E-state index is -0.0610. The molecule has 3 aromatic rings. The van der Waals surface area contributed by atoms with E-state index in [1.165, 1.54) is 40.0 Å². The van der Waals surface area contributed by atoms with Gasteiger partial charge in [0.1, 0.15) is 0 Å². The first-order chi connectivity index (χ1) is 12.3. The van der Waals surface area contributed by atoms with E-state index in [-0.39, 0.29) is 5.91 Å². The summed E-state index contributed by atoms with van der Waals surface area (Å²) in [7, 11) is 0. The Morgan fingerprint density at radius 3 is 2.76 bits per heavy atom. The number of benzene rings is 2. The molecule has 0 saturated carbocycles. The molecule has 1 heterocycles. The lowest BCUT2D eigenvalue weighted by molar-refractivity contribution is 0.102. The number of aromatic nitrogens is 1. The highest BCUT2D eigenvalue weighted by molar-refractivity contribution is 7.16. The lowest BCUT2D eigenvalue weighted by Crippen LogP contribution is -2.13. The fraction of sp³-hybridized carbons (Fsp3) is 0.238. The number of aryl methyl sites for hydroxylation is 2. The summed E-state index contributed by atoms with van der Waals surface area (Å²) in [5.74, 6) is -0.0610. The maximum absolute atomic E-state index is 12.6. The van der Waals surface area contributed by atoms with Gasteiger partial charge < -0.3 is 0 Å². The molecule has 0 atom stereocenters. The van der Waals surface area contributed by atoms with Crippen molar-refractivity contribution in [2.75, 3.05) is 5.32 Å². The zero-order chi connectivity index (χ0) is 16.8. The molecule has 4 heteroatoms. The monoisotopic (exact) mass is 346 g/mol. The topological polar surface area (TPSA) is 42.0 Å². The summed E-state index contributed by atoms with van der Waals surface area (Å²) in [6.45, 7) is 0. The van der Waals surface area contributed by atoms with E-state index in [9.17, 15) is 4.79 Å². The first-order valence-electron chi connectivity index (χ1n) is 8.79. The highest BCUT2D eigenvalue weighted by Gasteiger charge is 2.23. The number of nitrogens with one attached hydrogen (secondary N) is 1. The summed E-state index contributed by atoms with van der Waals surface area (Å²) < 4.78 is 0. The van der Waals surface area contributed by atoms with E-state index in [0.29, 0.717) is 5.13 Å². The van der Waals surface area contributed by atoms with Gasteiger partial charge in [0.2, 0.25) is 0 Å². The fourth-order valence-electron chi connectivity index (χ4n) is 3.86. The molecule has 0 aliphatic heterocycles. The van der Waals surface area contributed by atoms with Crippen LogP contribution >= 0.6 is 11.3 Å². The number of amides is 1. The number of hydrogen-bond acceptors (Lipinski definition) is 3. The number of anilines is 1. The summed E-state index contributed by atoms with van der Waals surface area (Å²) in [6.07, 6.45) is 5.61. The lowest BCUT2D eigenvalue weighted by Gasteiger charge is -2.16. The van der Waals surface area contributed by atoms with Crippen molar-refractivity contribution >= 4 is 22.4 Å². The Bertz CT molecular complexity index is 989. The van der Waals surface area contributed by atoms with Gasteiger partial charge in [-0.15, -0.1) is 11.3 Å². The molecular formula is C21H18N2OS. The van der Waals surface area contributed by atoms with Gasteiger partial charge in [0.05, 0.1) is 5.69 Å². The van der Waals surface area contributed by atoms with Crippen LogP contribution in [0, 0.1) is 0 Å². The Hall–Kier alpha value is -2.46. The summed E-state index contributed by atoms with van der Waals surface area (Å²) >= 11 is 1.59. The van der Waals surface area contributed by atoms with Crippen LogP contribution in [-0.2, 0) is 19.3 Å². The van der Waals surface area contributed by atoms with Gasteiger partial charge in [0.15, 0.2) is 5.13 Å². The quantitative estimate of drug-likeness (QED) is 0.564. The van der Waals surface area contributed by atoms with E-state index in [0.717, 1.165) is 30.5 Å². The normalized spacial score (nSPS) is 14.6. The lowest BCUT2D eigenvalue weighted by atomic mass is 9.90. The number of rotatable bonds is 2. The third-order valence-corrected chi connectivity index (χ3v) is 6.12. The maximum atomic E-state index is 12.6. The van der Waals surface area contributed by atoms with Crippen LogP contribution in [0.3, 0.4) is 0 Å². The Labute approximate surface area is 150 Å². The molecule has 2 aliphatic rings. The molecule has 5 rings (SSSR count). The van der Waals surface area contributed by atoms with Crippen molar-refractivity contribution in [2.45, 2.75) is 32.1 Å². The maximum Gasteiger partial charge on any atom is 0.257 e. The summed E-state index contributed by atoms with van der Waals surface area (Å²) in [5, 5.41) is 3.69. The van der Waals surface area contributed by atoms with E-state index >= 15 is 0 Å². The van der Waals surface area contributed by atoms with Crippen LogP contribution in [0.2, 0.25) is 0 Å². The molecule has 0 fully saturated rings. The highest BCUT2D eigenvalue weighted by Crippen LogP contribution is 2.40. The van der Waals surface area contributed by atoms with E-state index in [1.54, 1.807) is 11.3 Å². The number of nitrogens with zero attached hydrogens (tertiary/aromatic N) is 1. The van der Waals surface area contributed by atoms with Crippen LogP contribution in [0.15, 0.2) is 42.5 Å². The minimum Gasteiger partial charge on any atom is -0.298 e. The first kappa shape index (κ1) is 14.8. The van der Waals surface area contributed by atoms with Crippen molar-refractivity contribution < 1.29 is 4.79 Å². The van der Waals surface area contributed by atoms with Crippen LogP contribution in [-0.4, -0.2) is 10.9 Å². The molecule has 0 spiro atoms. The van der Waals surface area contributed by atoms with E-state index in [1.807, 2.05) is 12.1 Å². The van der Waals surface area contributed by atoms with Crippen molar-refractivity contribution in [2.24, 2.45) is 0 Å². The number of carbonyl (C=O) groups excluding carboxylic acids is 1. The highest BCUT2D eigenvalue weighted by atomic mass is 32.1. The van der Waals surface area contributed by atoms with E-state index in [2.05, 4.69) is 40.6 Å². The first-order valence-corrected chi connectivity index (χ1v) is 9.61. The van der Waals surface area contributed by atoms with Crippen LogP contribution in [0.5, 0.6) is 0 Å². The van der Waals surface area contributed by atoms with Crippen molar-refractivity contribution in [1.29, 1.82) is 0 Å². The van der Waals surface area contributed by atoms with Crippen LogP contribution in [0.1, 0.15) is 44.8 Å². The van der Waals surface area contributed by atoms with Crippen molar-refractivity contribution in [3.8, 4) is 11.3 Å². The Morgan fingerprint density at radius 1 is 1.00 bits per heavy atom. The molecule has 1 aromatic heterocycles. The molecule has 3 nitrogen and oxygen atoms in total. The van der Waals surface area contributed by atoms with Gasteiger partial charge in [-0.3, -0.25) is 10.1 Å². The Balaban J connectivity index is 1.39. The second-order valence-electron chi connectivity index (χ2n) is 6.77. The largest absolute Gasteiger partial charge is 0.298 e. The van der Waals surface area contributed by atoms with Crippen LogP contribution < -0.4 is 5.32 Å². The van der Waals surface area contributed by atoms with Gasteiger partial charge in [0, 0.05) is 22.4 Å². The minimum absolute atomic E-state index is 0.0610. The van der Waals surface area contributed by atoms with Crippen LogP contribution in [0.4, 0.5) is 5.13 Å². The van der Waals surface area contributed by atoms with E-state index in [4.69, 9.17) is 0 Å². The van der Waals surface area contributed by atoms with Gasteiger partial charge >= 0.3 is 0 Å². The van der Waals surface area contributed by atoms with Gasteiger partial charge in [-0.25, -0.2) is 4.98 Å². The third kappa shape index (κ3) is 2.57. The Kier molecular flexibility index (Phi) is 3.45. The summed E-state index contributed by atoms with van der Waals surface area (Å²) in [4.78, 5) is 18.5. The average molecular weight is 346 g/mol.